The maximum absolute atomic E-state index is 12.7. The first kappa shape index (κ1) is 19.9. The topological polar surface area (TPSA) is 59.6 Å². The van der Waals surface area contributed by atoms with Crippen LogP contribution in [0.1, 0.15) is 36.1 Å². The fourth-order valence-corrected chi connectivity index (χ4v) is 4.27. The molecule has 29 heavy (non-hydrogen) atoms. The Balaban J connectivity index is 1.59. The van der Waals surface area contributed by atoms with Crippen LogP contribution in [-0.4, -0.2) is 36.1 Å². The third-order valence-corrected chi connectivity index (χ3v) is 5.74. The SMILES string of the molecule is Cc1ccc(C[C@H]2NC(=O)N[C@H](Cc3ccc(C)cc3)[C@@H]3OC(C)(C)O[C@H]32)cc1. The maximum atomic E-state index is 12.7. The van der Waals surface area contributed by atoms with Crippen LogP contribution in [0.15, 0.2) is 48.5 Å². The number of aryl methyl sites for hydroxylation is 2. The summed E-state index contributed by atoms with van der Waals surface area (Å²) in [5.74, 6) is -0.684. The van der Waals surface area contributed by atoms with Crippen LogP contribution in [0, 0.1) is 13.8 Å². The lowest BCUT2D eigenvalue weighted by molar-refractivity contribution is -0.150. The number of amides is 2. The van der Waals surface area contributed by atoms with Gasteiger partial charge in [-0.05, 0) is 51.7 Å². The van der Waals surface area contributed by atoms with E-state index >= 15 is 0 Å². The molecule has 2 aromatic carbocycles. The molecule has 2 aliphatic heterocycles. The molecule has 2 aromatic rings. The molecule has 0 bridgehead atoms. The first-order valence-electron chi connectivity index (χ1n) is 10.3. The van der Waals surface area contributed by atoms with E-state index in [1.165, 1.54) is 22.3 Å². The van der Waals surface area contributed by atoms with E-state index in [1.807, 2.05) is 13.8 Å². The van der Waals surface area contributed by atoms with Gasteiger partial charge in [0.05, 0.1) is 12.1 Å². The van der Waals surface area contributed by atoms with E-state index in [-0.39, 0.29) is 30.3 Å². The number of ether oxygens (including phenoxy) is 2. The third-order valence-electron chi connectivity index (χ3n) is 5.74. The van der Waals surface area contributed by atoms with Gasteiger partial charge in [0, 0.05) is 0 Å². The zero-order chi connectivity index (χ0) is 20.6. The number of carbonyl (C=O) groups excluding carboxylic acids is 1. The van der Waals surface area contributed by atoms with Crippen LogP contribution in [0.3, 0.4) is 0 Å². The molecule has 0 radical (unpaired) electrons. The summed E-state index contributed by atoms with van der Waals surface area (Å²) in [4.78, 5) is 12.7. The Kier molecular flexibility index (Phi) is 5.36. The minimum Gasteiger partial charge on any atom is -0.342 e. The van der Waals surface area contributed by atoms with Crippen molar-refractivity contribution in [2.45, 2.75) is 70.6 Å². The average molecular weight is 395 g/mol. The first-order valence-corrected chi connectivity index (χ1v) is 10.3. The molecule has 2 aliphatic rings. The molecular formula is C24H30N2O3. The van der Waals surface area contributed by atoms with Crippen molar-refractivity contribution in [1.82, 2.24) is 10.6 Å². The zero-order valence-corrected chi connectivity index (χ0v) is 17.6. The molecule has 5 nitrogen and oxygen atoms in total. The lowest BCUT2D eigenvalue weighted by atomic mass is 9.92. The highest BCUT2D eigenvalue weighted by Gasteiger charge is 2.50. The van der Waals surface area contributed by atoms with Gasteiger partial charge in [0.2, 0.25) is 0 Å². The molecular weight excluding hydrogens is 364 g/mol. The predicted octanol–water partition coefficient (Wildman–Crippen LogP) is 3.66. The monoisotopic (exact) mass is 394 g/mol. The fourth-order valence-electron chi connectivity index (χ4n) is 4.27. The number of carbonyl (C=O) groups is 1. The summed E-state index contributed by atoms with van der Waals surface area (Å²) < 4.78 is 12.6. The number of rotatable bonds is 4. The summed E-state index contributed by atoms with van der Waals surface area (Å²) in [6.45, 7) is 8.02. The van der Waals surface area contributed by atoms with Gasteiger partial charge < -0.3 is 20.1 Å². The summed E-state index contributed by atoms with van der Waals surface area (Å²) in [6, 6.07) is 16.3. The van der Waals surface area contributed by atoms with Gasteiger partial charge in [0.15, 0.2) is 5.79 Å². The second kappa shape index (κ2) is 7.81. The highest BCUT2D eigenvalue weighted by atomic mass is 16.8. The van der Waals surface area contributed by atoms with Gasteiger partial charge in [0.25, 0.3) is 0 Å². The van der Waals surface area contributed by atoms with E-state index in [2.05, 4.69) is 73.0 Å². The molecule has 154 valence electrons. The van der Waals surface area contributed by atoms with Gasteiger partial charge in [-0.3, -0.25) is 0 Å². The lowest BCUT2D eigenvalue weighted by Crippen LogP contribution is -2.47. The molecule has 4 atom stereocenters. The van der Waals surface area contributed by atoms with Crippen LogP contribution >= 0.6 is 0 Å². The third kappa shape index (κ3) is 4.62. The van der Waals surface area contributed by atoms with E-state index in [0.717, 1.165) is 0 Å². The molecule has 0 saturated carbocycles. The highest BCUT2D eigenvalue weighted by molar-refractivity contribution is 5.75. The van der Waals surface area contributed by atoms with Gasteiger partial charge in [-0.2, -0.15) is 0 Å². The van der Waals surface area contributed by atoms with Gasteiger partial charge >= 0.3 is 6.03 Å². The Labute approximate surface area is 172 Å². The Bertz CT molecular complexity index is 791. The van der Waals surface area contributed by atoms with Crippen molar-refractivity contribution in [3.8, 4) is 0 Å². The average Bonchev–Trinajstić information content (AvgIpc) is 2.94. The molecule has 0 aromatic heterocycles. The quantitative estimate of drug-likeness (QED) is 0.832. The molecule has 4 rings (SSSR count). The molecule has 5 heteroatoms. The zero-order valence-electron chi connectivity index (χ0n) is 17.6. The van der Waals surface area contributed by atoms with Gasteiger partial charge in [-0.15, -0.1) is 0 Å². The molecule has 2 amide bonds. The van der Waals surface area contributed by atoms with Crippen LogP contribution in [0.4, 0.5) is 4.79 Å². The fraction of sp³-hybridized carbons (Fsp3) is 0.458. The second-order valence-corrected chi connectivity index (χ2v) is 8.77. The number of hydrogen-bond acceptors (Lipinski definition) is 3. The van der Waals surface area contributed by atoms with Crippen molar-refractivity contribution in [2.75, 3.05) is 0 Å². The molecule has 2 saturated heterocycles. The van der Waals surface area contributed by atoms with Crippen molar-refractivity contribution in [2.24, 2.45) is 0 Å². The Morgan fingerprint density at radius 2 is 1.14 bits per heavy atom. The van der Waals surface area contributed by atoms with E-state index in [0.29, 0.717) is 12.8 Å². The van der Waals surface area contributed by atoms with Crippen molar-refractivity contribution < 1.29 is 14.3 Å². The number of nitrogens with one attached hydrogen (secondary N) is 2. The van der Waals surface area contributed by atoms with Gasteiger partial charge in [-0.25, -0.2) is 4.79 Å². The van der Waals surface area contributed by atoms with Crippen molar-refractivity contribution in [3.63, 3.8) is 0 Å². The van der Waals surface area contributed by atoms with Crippen molar-refractivity contribution in [1.29, 1.82) is 0 Å². The van der Waals surface area contributed by atoms with Crippen LogP contribution in [0.5, 0.6) is 0 Å². The number of urea groups is 1. The number of fused-ring (bicyclic) bond motifs is 1. The number of benzene rings is 2. The summed E-state index contributed by atoms with van der Waals surface area (Å²) in [6.07, 6.45) is 0.957. The van der Waals surface area contributed by atoms with Crippen LogP contribution < -0.4 is 10.6 Å². The highest BCUT2D eigenvalue weighted by Crippen LogP contribution is 2.34. The molecule has 2 fully saturated rings. The summed E-state index contributed by atoms with van der Waals surface area (Å²) in [5, 5.41) is 6.24. The van der Waals surface area contributed by atoms with E-state index < -0.39 is 5.79 Å². The molecule has 2 heterocycles. The minimum absolute atomic E-state index is 0.160. The second-order valence-electron chi connectivity index (χ2n) is 8.77. The largest absolute Gasteiger partial charge is 0.342 e. The Morgan fingerprint density at radius 3 is 1.52 bits per heavy atom. The normalized spacial score (nSPS) is 28.2. The van der Waals surface area contributed by atoms with Crippen LogP contribution in [0.25, 0.3) is 0 Å². The van der Waals surface area contributed by atoms with E-state index in [9.17, 15) is 4.79 Å². The van der Waals surface area contributed by atoms with Crippen molar-refractivity contribution in [3.05, 3.63) is 70.8 Å². The predicted molar refractivity (Wildman–Crippen MR) is 113 cm³/mol. The van der Waals surface area contributed by atoms with E-state index in [4.69, 9.17) is 9.47 Å². The van der Waals surface area contributed by atoms with Crippen LogP contribution in [0.2, 0.25) is 0 Å². The Hall–Kier alpha value is -2.37. The lowest BCUT2D eigenvalue weighted by Gasteiger charge is -2.26. The minimum atomic E-state index is -0.684. The standard InChI is InChI=1S/C24H30N2O3/c1-15-5-9-17(10-6-15)13-19-21-22(29-24(3,4)28-21)20(26-23(27)25-19)14-18-11-7-16(2)8-12-18/h5-12,19-22H,13-14H2,1-4H3,(H2,25,26,27)/t19-,20-,21+,22+/m1/s1. The van der Waals surface area contributed by atoms with Gasteiger partial charge in [-0.1, -0.05) is 59.7 Å². The summed E-state index contributed by atoms with van der Waals surface area (Å²) in [5.41, 5.74) is 4.78. The van der Waals surface area contributed by atoms with E-state index in [1.54, 1.807) is 0 Å². The molecule has 0 aliphatic carbocycles. The smallest absolute Gasteiger partial charge is 0.315 e. The molecule has 0 spiro atoms. The first-order chi connectivity index (χ1) is 13.8. The Morgan fingerprint density at radius 1 is 0.759 bits per heavy atom. The van der Waals surface area contributed by atoms with Gasteiger partial charge in [0.1, 0.15) is 12.2 Å². The maximum Gasteiger partial charge on any atom is 0.315 e. The molecule has 0 unspecified atom stereocenters. The summed E-state index contributed by atoms with van der Waals surface area (Å²) >= 11 is 0. The van der Waals surface area contributed by atoms with Crippen molar-refractivity contribution >= 4 is 6.03 Å². The number of hydrogen-bond donors (Lipinski definition) is 2. The van der Waals surface area contributed by atoms with Crippen LogP contribution in [-0.2, 0) is 22.3 Å². The summed E-state index contributed by atoms with van der Waals surface area (Å²) in [7, 11) is 0. The molecule has 2 N–H and O–H groups in total.